The second-order valence-electron chi connectivity index (χ2n) is 2.61. The first-order valence-corrected chi connectivity index (χ1v) is 4.68. The molecule has 0 aliphatic rings. The second kappa shape index (κ2) is 4.77. The van der Waals surface area contributed by atoms with Crippen LogP contribution in [0.4, 0.5) is 0 Å². The third kappa shape index (κ3) is 2.33. The minimum absolute atomic E-state index is 0.526. The van der Waals surface area contributed by atoms with Gasteiger partial charge in [-0.25, -0.2) is 11.4 Å². The average Bonchev–Trinajstić information content (AvgIpc) is 2.21. The van der Waals surface area contributed by atoms with E-state index in [0.29, 0.717) is 5.56 Å². The number of esters is 1. The van der Waals surface area contributed by atoms with Crippen LogP contribution in [0.5, 0.6) is 0 Å². The molecule has 1 unspecified atom stereocenters. The number of benzene rings is 1. The molecule has 0 heterocycles. The highest BCUT2D eigenvalue weighted by atomic mass is 79.9. The molecule has 0 fully saturated rings. The first-order valence-electron chi connectivity index (χ1n) is 3.89. The number of methoxy groups -OCH3 is 1. The number of nitrogens with zero attached hydrogens (tertiary/aromatic N) is 1. The summed E-state index contributed by atoms with van der Waals surface area (Å²) in [5.74, 6) is -0.526. The first kappa shape index (κ1) is 10.7. The van der Waals surface area contributed by atoms with Gasteiger partial charge < -0.3 is 4.74 Å². The highest BCUT2D eigenvalue weighted by Crippen LogP contribution is 2.21. The van der Waals surface area contributed by atoms with Gasteiger partial charge in [-0.15, -0.1) is 0 Å². The Hall–Kier alpha value is -1.34. The van der Waals surface area contributed by atoms with Crippen LogP contribution in [0.2, 0.25) is 0 Å². The van der Waals surface area contributed by atoms with Gasteiger partial charge in [0.1, 0.15) is 0 Å². The molecule has 0 bridgehead atoms. The zero-order valence-electron chi connectivity index (χ0n) is 7.53. The molecular formula is C10H8BrNO2. The third-order valence-electron chi connectivity index (χ3n) is 1.74. The van der Waals surface area contributed by atoms with Crippen molar-refractivity contribution in [1.82, 2.24) is 0 Å². The van der Waals surface area contributed by atoms with Crippen LogP contribution in [0.15, 0.2) is 28.7 Å². The lowest BCUT2D eigenvalue weighted by Crippen LogP contribution is -2.10. The van der Waals surface area contributed by atoms with Gasteiger partial charge in [0.25, 0.3) is 0 Å². The summed E-state index contributed by atoms with van der Waals surface area (Å²) in [6.45, 7) is 6.90. The Morgan fingerprint density at radius 1 is 1.50 bits per heavy atom. The molecule has 0 aromatic heterocycles. The maximum atomic E-state index is 11.2. The lowest BCUT2D eigenvalue weighted by molar-refractivity contribution is -0.141. The second-order valence-corrected chi connectivity index (χ2v) is 3.52. The van der Waals surface area contributed by atoms with Gasteiger partial charge in [-0.3, -0.25) is 4.85 Å². The Morgan fingerprint density at radius 2 is 2.07 bits per heavy atom. The van der Waals surface area contributed by atoms with Crippen molar-refractivity contribution in [2.75, 3.05) is 7.11 Å². The lowest BCUT2D eigenvalue weighted by Gasteiger charge is -2.03. The number of carbonyl (C=O) groups is 1. The van der Waals surface area contributed by atoms with E-state index in [-0.39, 0.29) is 0 Å². The van der Waals surface area contributed by atoms with Gasteiger partial charge in [-0.05, 0) is 24.3 Å². The molecule has 0 saturated carbocycles. The SMILES string of the molecule is [C-]#[N+]C(C(=O)OC)c1ccc(Br)cc1. The molecule has 0 aliphatic carbocycles. The highest BCUT2D eigenvalue weighted by Gasteiger charge is 2.26. The number of halogens is 1. The maximum absolute atomic E-state index is 11.2. The fourth-order valence-electron chi connectivity index (χ4n) is 1.02. The molecule has 0 spiro atoms. The monoisotopic (exact) mass is 253 g/mol. The fraction of sp³-hybridized carbons (Fsp3) is 0.200. The van der Waals surface area contributed by atoms with Crippen molar-refractivity contribution in [2.24, 2.45) is 0 Å². The van der Waals surface area contributed by atoms with E-state index in [0.717, 1.165) is 4.47 Å². The van der Waals surface area contributed by atoms with Crippen LogP contribution in [0.1, 0.15) is 11.6 Å². The summed E-state index contributed by atoms with van der Waals surface area (Å²) in [6.07, 6.45) is 0. The Bertz CT molecular complexity index is 367. The van der Waals surface area contributed by atoms with Gasteiger partial charge in [-0.1, -0.05) is 15.9 Å². The van der Waals surface area contributed by atoms with Gasteiger partial charge >= 0.3 is 12.0 Å². The van der Waals surface area contributed by atoms with E-state index in [1.54, 1.807) is 24.3 Å². The van der Waals surface area contributed by atoms with Crippen LogP contribution in [0.25, 0.3) is 4.85 Å². The summed E-state index contributed by atoms with van der Waals surface area (Å²) in [5, 5.41) is 0. The molecule has 0 radical (unpaired) electrons. The molecule has 4 heteroatoms. The van der Waals surface area contributed by atoms with Gasteiger partial charge in [0.05, 0.1) is 7.11 Å². The lowest BCUT2D eigenvalue weighted by atomic mass is 10.1. The Morgan fingerprint density at radius 3 is 2.50 bits per heavy atom. The van der Waals surface area contributed by atoms with Crippen LogP contribution < -0.4 is 0 Å². The van der Waals surface area contributed by atoms with E-state index in [4.69, 9.17) is 6.57 Å². The quantitative estimate of drug-likeness (QED) is 0.599. The number of ether oxygens (including phenoxy) is 1. The molecule has 1 rings (SSSR count). The van der Waals surface area contributed by atoms with E-state index >= 15 is 0 Å². The standard InChI is InChI=1S/C10H8BrNO2/c1-12-9(10(13)14-2)7-3-5-8(11)6-4-7/h3-6,9H,2H3. The zero-order valence-corrected chi connectivity index (χ0v) is 9.11. The molecule has 1 aromatic carbocycles. The van der Waals surface area contributed by atoms with Gasteiger partial charge in [0, 0.05) is 10.0 Å². The zero-order chi connectivity index (χ0) is 10.6. The van der Waals surface area contributed by atoms with Crippen LogP contribution in [-0.2, 0) is 9.53 Å². The van der Waals surface area contributed by atoms with Crippen LogP contribution >= 0.6 is 15.9 Å². The molecule has 14 heavy (non-hydrogen) atoms. The molecule has 0 amide bonds. The average molecular weight is 254 g/mol. The van der Waals surface area contributed by atoms with E-state index in [1.807, 2.05) is 0 Å². The third-order valence-corrected chi connectivity index (χ3v) is 2.27. The minimum atomic E-state index is -0.854. The molecule has 1 aromatic rings. The molecular weight excluding hydrogens is 246 g/mol. The first-order chi connectivity index (χ1) is 6.69. The highest BCUT2D eigenvalue weighted by molar-refractivity contribution is 9.10. The van der Waals surface area contributed by atoms with Crippen molar-refractivity contribution < 1.29 is 9.53 Å². The van der Waals surface area contributed by atoms with Crippen molar-refractivity contribution in [3.63, 3.8) is 0 Å². The summed E-state index contributed by atoms with van der Waals surface area (Å²) in [5.41, 5.74) is 0.648. The van der Waals surface area contributed by atoms with Crippen molar-refractivity contribution >= 4 is 21.9 Å². The van der Waals surface area contributed by atoms with Crippen molar-refractivity contribution in [1.29, 1.82) is 0 Å². The van der Waals surface area contributed by atoms with Crippen molar-refractivity contribution in [2.45, 2.75) is 6.04 Å². The summed E-state index contributed by atoms with van der Waals surface area (Å²) < 4.78 is 5.44. The maximum Gasteiger partial charge on any atom is 0.395 e. The fourth-order valence-corrected chi connectivity index (χ4v) is 1.28. The molecule has 1 atom stereocenters. The predicted octanol–water partition coefficient (Wildman–Crippen LogP) is 2.58. The Balaban J connectivity index is 2.97. The van der Waals surface area contributed by atoms with E-state index < -0.39 is 12.0 Å². The van der Waals surface area contributed by atoms with Crippen molar-refractivity contribution in [3.8, 4) is 0 Å². The van der Waals surface area contributed by atoms with Crippen LogP contribution in [-0.4, -0.2) is 13.1 Å². The number of rotatable bonds is 2. The summed E-state index contributed by atoms with van der Waals surface area (Å²) in [4.78, 5) is 14.4. The van der Waals surface area contributed by atoms with Gasteiger partial charge in [0.2, 0.25) is 0 Å². The number of hydrogen-bond acceptors (Lipinski definition) is 2. The van der Waals surface area contributed by atoms with Crippen molar-refractivity contribution in [3.05, 3.63) is 45.7 Å². The van der Waals surface area contributed by atoms with E-state index in [1.165, 1.54) is 7.11 Å². The van der Waals surface area contributed by atoms with E-state index in [9.17, 15) is 4.79 Å². The van der Waals surface area contributed by atoms with Crippen LogP contribution in [0, 0.1) is 6.57 Å². The van der Waals surface area contributed by atoms with Crippen LogP contribution in [0.3, 0.4) is 0 Å². The molecule has 0 aliphatic heterocycles. The predicted molar refractivity (Wildman–Crippen MR) is 55.5 cm³/mol. The van der Waals surface area contributed by atoms with Gasteiger partial charge in [-0.2, -0.15) is 0 Å². The van der Waals surface area contributed by atoms with Gasteiger partial charge in [0.15, 0.2) is 0 Å². The molecule has 0 saturated heterocycles. The summed E-state index contributed by atoms with van der Waals surface area (Å²) in [7, 11) is 1.28. The Labute approximate surface area is 90.6 Å². The molecule has 72 valence electrons. The minimum Gasteiger partial charge on any atom is -0.463 e. The summed E-state index contributed by atoms with van der Waals surface area (Å²) in [6, 6.07) is 6.17. The topological polar surface area (TPSA) is 30.7 Å². The number of hydrogen-bond donors (Lipinski definition) is 0. The molecule has 3 nitrogen and oxygen atoms in total. The number of carbonyl (C=O) groups excluding carboxylic acids is 1. The summed E-state index contributed by atoms with van der Waals surface area (Å²) >= 11 is 3.28. The normalized spacial score (nSPS) is 11.5. The Kier molecular flexibility index (Phi) is 3.66. The smallest absolute Gasteiger partial charge is 0.395 e. The largest absolute Gasteiger partial charge is 0.463 e. The van der Waals surface area contributed by atoms with E-state index in [2.05, 4.69) is 25.5 Å². The molecule has 0 N–H and O–H groups in total.